The first kappa shape index (κ1) is 14.9. The molecule has 0 saturated carbocycles. The highest BCUT2D eigenvalue weighted by Crippen LogP contribution is 2.27. The third-order valence-corrected chi connectivity index (χ3v) is 4.71. The van der Waals surface area contributed by atoms with Crippen LogP contribution in [0.5, 0.6) is 0 Å². The molecule has 2 heterocycles. The van der Waals surface area contributed by atoms with Gasteiger partial charge in [-0.15, -0.1) is 11.3 Å². The molecule has 0 radical (unpaired) electrons. The molecule has 0 aliphatic rings. The number of carbonyl (C=O) groups excluding carboxylic acids is 1. The first-order valence-corrected chi connectivity index (χ1v) is 7.59. The lowest BCUT2D eigenvalue weighted by molar-refractivity contribution is 0.103. The number of aromatic nitrogens is 2. The molecule has 1 aromatic carbocycles. The van der Waals surface area contributed by atoms with Crippen LogP contribution in [0.25, 0.3) is 10.2 Å². The number of hydrogen-bond acceptors (Lipinski definition) is 5. The van der Waals surface area contributed by atoms with Gasteiger partial charge >= 0.3 is 0 Å². The van der Waals surface area contributed by atoms with Crippen LogP contribution in [0.2, 0.25) is 0 Å². The van der Waals surface area contributed by atoms with Gasteiger partial charge in [-0.2, -0.15) is 5.26 Å². The van der Waals surface area contributed by atoms with Crippen LogP contribution in [-0.2, 0) is 7.05 Å². The summed E-state index contributed by atoms with van der Waals surface area (Å²) in [6, 6.07) is 8.80. The Morgan fingerprint density at radius 3 is 2.87 bits per heavy atom. The number of hydrogen-bond donors (Lipinski definition) is 1. The zero-order chi connectivity index (χ0) is 16.6. The summed E-state index contributed by atoms with van der Waals surface area (Å²) in [6.45, 7) is 1.73. The number of benzene rings is 1. The fraction of sp³-hybridized carbons (Fsp3) is 0.125. The molecule has 0 aliphatic heterocycles. The number of fused-ring (bicyclic) bond motifs is 1. The van der Waals surface area contributed by atoms with Crippen molar-refractivity contribution in [3.8, 4) is 6.07 Å². The molecule has 1 N–H and O–H groups in total. The van der Waals surface area contributed by atoms with Crippen molar-refractivity contribution in [1.29, 1.82) is 5.26 Å². The fourth-order valence-electron chi connectivity index (χ4n) is 2.29. The molecule has 2 aromatic heterocycles. The second-order valence-electron chi connectivity index (χ2n) is 5.01. The summed E-state index contributed by atoms with van der Waals surface area (Å²) in [6.07, 6.45) is 1.44. The van der Waals surface area contributed by atoms with Crippen LogP contribution in [0.15, 0.2) is 35.4 Å². The average molecular weight is 324 g/mol. The molecular weight excluding hydrogens is 312 g/mol. The highest BCUT2D eigenvalue weighted by molar-refractivity contribution is 7.20. The number of nitrogens with one attached hydrogen (secondary N) is 1. The van der Waals surface area contributed by atoms with Gasteiger partial charge in [-0.25, -0.2) is 4.98 Å². The van der Waals surface area contributed by atoms with Crippen molar-refractivity contribution in [3.63, 3.8) is 0 Å². The van der Waals surface area contributed by atoms with Crippen LogP contribution >= 0.6 is 11.3 Å². The van der Waals surface area contributed by atoms with E-state index in [9.17, 15) is 9.59 Å². The second-order valence-corrected chi connectivity index (χ2v) is 6.01. The SMILES string of the molecule is Cc1c(C(=O)Nc2ccccc2C#N)sc2ncn(C)c(=O)c12. The monoisotopic (exact) mass is 324 g/mol. The highest BCUT2D eigenvalue weighted by Gasteiger charge is 2.19. The third kappa shape index (κ3) is 2.49. The Kier molecular flexibility index (Phi) is 3.68. The Hall–Kier alpha value is -2.98. The molecular formula is C16H12N4O2S. The Balaban J connectivity index is 2.06. The van der Waals surface area contributed by atoms with Gasteiger partial charge < -0.3 is 9.88 Å². The molecule has 3 aromatic rings. The maximum absolute atomic E-state index is 12.5. The lowest BCUT2D eigenvalue weighted by Crippen LogP contribution is -2.17. The summed E-state index contributed by atoms with van der Waals surface area (Å²) in [5, 5.41) is 12.3. The molecule has 0 aliphatic carbocycles. The molecule has 23 heavy (non-hydrogen) atoms. The smallest absolute Gasteiger partial charge is 0.266 e. The van der Waals surface area contributed by atoms with Gasteiger partial charge in [-0.3, -0.25) is 9.59 Å². The summed E-state index contributed by atoms with van der Waals surface area (Å²) >= 11 is 1.17. The highest BCUT2D eigenvalue weighted by atomic mass is 32.1. The summed E-state index contributed by atoms with van der Waals surface area (Å²) in [5.74, 6) is -0.352. The Labute approximate surface area is 135 Å². The van der Waals surface area contributed by atoms with Crippen molar-refractivity contribution >= 4 is 33.1 Å². The minimum absolute atomic E-state index is 0.180. The number of amides is 1. The van der Waals surface area contributed by atoms with Gasteiger partial charge in [0.2, 0.25) is 0 Å². The number of thiophene rings is 1. The van der Waals surface area contributed by atoms with Gasteiger partial charge in [-0.1, -0.05) is 12.1 Å². The first-order valence-electron chi connectivity index (χ1n) is 6.78. The van der Waals surface area contributed by atoms with E-state index in [0.717, 1.165) is 0 Å². The van der Waals surface area contributed by atoms with Crippen molar-refractivity contribution in [2.24, 2.45) is 7.05 Å². The van der Waals surface area contributed by atoms with Crippen molar-refractivity contribution < 1.29 is 4.79 Å². The number of nitriles is 1. The topological polar surface area (TPSA) is 87.8 Å². The molecule has 0 fully saturated rings. The summed E-state index contributed by atoms with van der Waals surface area (Å²) in [7, 11) is 1.62. The maximum atomic E-state index is 12.5. The lowest BCUT2D eigenvalue weighted by Gasteiger charge is -2.05. The van der Waals surface area contributed by atoms with Crippen LogP contribution in [0.4, 0.5) is 5.69 Å². The predicted octanol–water partition coefficient (Wildman–Crippen LogP) is 2.43. The van der Waals surface area contributed by atoms with Crippen LogP contribution in [0, 0.1) is 18.3 Å². The van der Waals surface area contributed by atoms with E-state index in [4.69, 9.17) is 5.26 Å². The third-order valence-electron chi connectivity index (χ3n) is 3.51. The fourth-order valence-corrected chi connectivity index (χ4v) is 3.33. The lowest BCUT2D eigenvalue weighted by atomic mass is 10.1. The Morgan fingerprint density at radius 2 is 2.13 bits per heavy atom. The molecule has 6 nitrogen and oxygen atoms in total. The first-order chi connectivity index (χ1) is 11.0. The number of para-hydroxylation sites is 1. The van der Waals surface area contributed by atoms with Gasteiger partial charge in [0.15, 0.2) is 0 Å². The summed E-state index contributed by atoms with van der Waals surface area (Å²) < 4.78 is 1.38. The van der Waals surface area contributed by atoms with E-state index < -0.39 is 0 Å². The van der Waals surface area contributed by atoms with E-state index in [0.29, 0.717) is 31.9 Å². The average Bonchev–Trinajstić information content (AvgIpc) is 2.89. The minimum atomic E-state index is -0.352. The van der Waals surface area contributed by atoms with Crippen LogP contribution in [-0.4, -0.2) is 15.5 Å². The van der Waals surface area contributed by atoms with E-state index in [1.807, 2.05) is 6.07 Å². The van der Waals surface area contributed by atoms with Crippen molar-refractivity contribution in [3.05, 3.63) is 57.0 Å². The molecule has 1 amide bonds. The Bertz CT molecular complexity index is 1030. The maximum Gasteiger partial charge on any atom is 0.266 e. The van der Waals surface area contributed by atoms with Gasteiger partial charge in [0.25, 0.3) is 11.5 Å². The summed E-state index contributed by atoms with van der Waals surface area (Å²) in [4.78, 5) is 29.9. The predicted molar refractivity (Wildman–Crippen MR) is 88.7 cm³/mol. The largest absolute Gasteiger partial charge is 0.320 e. The van der Waals surface area contributed by atoms with Crippen LogP contribution < -0.4 is 10.9 Å². The van der Waals surface area contributed by atoms with Gasteiger partial charge in [0.05, 0.1) is 27.8 Å². The minimum Gasteiger partial charge on any atom is -0.320 e. The Morgan fingerprint density at radius 1 is 1.39 bits per heavy atom. The molecule has 0 atom stereocenters. The van der Waals surface area contributed by atoms with Crippen molar-refractivity contribution in [1.82, 2.24) is 9.55 Å². The number of nitrogens with zero attached hydrogens (tertiary/aromatic N) is 3. The van der Waals surface area contributed by atoms with E-state index in [2.05, 4.69) is 10.3 Å². The molecule has 3 rings (SSSR count). The van der Waals surface area contributed by atoms with Crippen LogP contribution in [0.3, 0.4) is 0 Å². The van der Waals surface area contributed by atoms with Gasteiger partial charge in [0, 0.05) is 7.05 Å². The standard InChI is InChI=1S/C16H12N4O2S/c1-9-12-15(18-8-20(2)16(12)22)23-13(9)14(21)19-11-6-4-3-5-10(11)7-17/h3-6,8H,1-2H3,(H,19,21). The van der Waals surface area contributed by atoms with E-state index in [-0.39, 0.29) is 11.5 Å². The zero-order valence-corrected chi connectivity index (χ0v) is 13.3. The van der Waals surface area contributed by atoms with Gasteiger partial charge in [-0.05, 0) is 24.6 Å². The molecule has 0 spiro atoms. The van der Waals surface area contributed by atoms with Crippen molar-refractivity contribution in [2.45, 2.75) is 6.92 Å². The van der Waals surface area contributed by atoms with E-state index in [1.54, 1.807) is 38.2 Å². The molecule has 7 heteroatoms. The number of rotatable bonds is 2. The molecule has 0 bridgehead atoms. The molecule has 114 valence electrons. The van der Waals surface area contributed by atoms with E-state index >= 15 is 0 Å². The molecule has 0 saturated heterocycles. The number of carbonyl (C=O) groups is 1. The van der Waals surface area contributed by atoms with E-state index in [1.165, 1.54) is 22.2 Å². The van der Waals surface area contributed by atoms with Crippen molar-refractivity contribution in [2.75, 3.05) is 5.32 Å². The second kappa shape index (κ2) is 5.66. The number of aryl methyl sites for hydroxylation is 2. The van der Waals surface area contributed by atoms with Crippen LogP contribution in [0.1, 0.15) is 20.8 Å². The number of anilines is 1. The summed E-state index contributed by atoms with van der Waals surface area (Å²) in [5.41, 5.74) is 1.25. The zero-order valence-electron chi connectivity index (χ0n) is 12.5. The normalized spacial score (nSPS) is 10.5. The molecule has 0 unspecified atom stereocenters. The quantitative estimate of drug-likeness (QED) is 0.784. The van der Waals surface area contributed by atoms with Gasteiger partial charge in [0.1, 0.15) is 10.9 Å².